The molecule has 1 fully saturated rings. The molecular formula is C21H21FN2. The van der Waals surface area contributed by atoms with Crippen molar-refractivity contribution in [2.75, 3.05) is 0 Å². The Labute approximate surface area is 142 Å². The zero-order chi connectivity index (χ0) is 16.9. The fourth-order valence-electron chi connectivity index (χ4n) is 3.55. The van der Waals surface area contributed by atoms with Crippen LogP contribution in [0, 0.1) is 23.1 Å². The second kappa shape index (κ2) is 7.40. The molecule has 0 spiro atoms. The first-order valence-corrected chi connectivity index (χ1v) is 8.48. The molecule has 0 amide bonds. The number of nitrogens with zero attached hydrogens (tertiary/aromatic N) is 2. The summed E-state index contributed by atoms with van der Waals surface area (Å²) >= 11 is 0. The van der Waals surface area contributed by atoms with Crippen LogP contribution in [-0.2, 0) is 0 Å². The summed E-state index contributed by atoms with van der Waals surface area (Å²) in [7, 11) is 0. The topological polar surface area (TPSA) is 36.7 Å². The van der Waals surface area contributed by atoms with Crippen molar-refractivity contribution in [3.63, 3.8) is 0 Å². The molecule has 0 N–H and O–H groups in total. The number of pyridine rings is 1. The van der Waals surface area contributed by atoms with Gasteiger partial charge in [-0.2, -0.15) is 5.26 Å². The van der Waals surface area contributed by atoms with Crippen LogP contribution in [0.15, 0.2) is 49.2 Å². The van der Waals surface area contributed by atoms with Crippen molar-refractivity contribution >= 4 is 0 Å². The van der Waals surface area contributed by atoms with Gasteiger partial charge in [-0.3, -0.25) is 4.98 Å². The van der Waals surface area contributed by atoms with Crippen molar-refractivity contribution < 1.29 is 4.39 Å². The Hall–Kier alpha value is -2.47. The summed E-state index contributed by atoms with van der Waals surface area (Å²) in [5.74, 6) is 0.861. The number of nitriles is 1. The molecule has 3 heteroatoms. The lowest BCUT2D eigenvalue weighted by molar-refractivity contribution is 0.328. The Morgan fingerprint density at radius 2 is 2.00 bits per heavy atom. The third-order valence-corrected chi connectivity index (χ3v) is 4.99. The van der Waals surface area contributed by atoms with Crippen LogP contribution in [0.25, 0.3) is 11.3 Å². The number of hydrogen-bond donors (Lipinski definition) is 0. The van der Waals surface area contributed by atoms with Gasteiger partial charge < -0.3 is 0 Å². The summed E-state index contributed by atoms with van der Waals surface area (Å²) in [6.07, 6.45) is 9.96. The second-order valence-electron chi connectivity index (χ2n) is 6.53. The monoisotopic (exact) mass is 320 g/mol. The third kappa shape index (κ3) is 3.54. The van der Waals surface area contributed by atoms with Crippen LogP contribution < -0.4 is 0 Å². The third-order valence-electron chi connectivity index (χ3n) is 4.99. The SMILES string of the molecule is C=CCC1CCC(c2ccc(-c3ccc(C#N)c(F)c3)nc2)CC1. The van der Waals surface area contributed by atoms with E-state index in [1.807, 2.05) is 24.4 Å². The lowest BCUT2D eigenvalue weighted by atomic mass is 9.78. The van der Waals surface area contributed by atoms with Crippen molar-refractivity contribution in [2.24, 2.45) is 5.92 Å². The van der Waals surface area contributed by atoms with E-state index in [1.54, 1.807) is 6.07 Å². The van der Waals surface area contributed by atoms with Crippen molar-refractivity contribution in [3.8, 4) is 17.3 Å². The average Bonchev–Trinajstić information content (AvgIpc) is 2.63. The van der Waals surface area contributed by atoms with E-state index >= 15 is 0 Å². The quantitative estimate of drug-likeness (QED) is 0.687. The molecular weight excluding hydrogens is 299 g/mol. The minimum Gasteiger partial charge on any atom is -0.256 e. The zero-order valence-electron chi connectivity index (χ0n) is 13.7. The van der Waals surface area contributed by atoms with Crippen LogP contribution in [-0.4, -0.2) is 4.98 Å². The molecule has 1 aromatic carbocycles. The van der Waals surface area contributed by atoms with E-state index in [4.69, 9.17) is 5.26 Å². The van der Waals surface area contributed by atoms with Gasteiger partial charge in [0.1, 0.15) is 11.9 Å². The van der Waals surface area contributed by atoms with Gasteiger partial charge in [0.05, 0.1) is 11.3 Å². The van der Waals surface area contributed by atoms with Crippen LogP contribution in [0.1, 0.15) is 49.1 Å². The van der Waals surface area contributed by atoms with Crippen LogP contribution in [0.3, 0.4) is 0 Å². The maximum absolute atomic E-state index is 13.7. The summed E-state index contributed by atoms with van der Waals surface area (Å²) in [6.45, 7) is 3.83. The number of rotatable bonds is 4. The second-order valence-corrected chi connectivity index (χ2v) is 6.53. The van der Waals surface area contributed by atoms with Crippen LogP contribution in [0.2, 0.25) is 0 Å². The molecule has 0 aliphatic heterocycles. The standard InChI is InChI=1S/C21H21FN2/c1-2-3-15-4-6-16(7-5-15)19-10-11-21(24-14-19)17-8-9-18(13-23)20(22)12-17/h2,8-12,14-16H,1,3-7H2. The molecule has 2 nitrogen and oxygen atoms in total. The summed E-state index contributed by atoms with van der Waals surface area (Å²) in [4.78, 5) is 4.51. The predicted octanol–water partition coefficient (Wildman–Crippen LogP) is 5.61. The van der Waals surface area contributed by atoms with E-state index in [1.165, 1.54) is 43.4 Å². The van der Waals surface area contributed by atoms with E-state index in [-0.39, 0.29) is 5.56 Å². The van der Waals surface area contributed by atoms with Crippen LogP contribution >= 0.6 is 0 Å². The molecule has 0 saturated heterocycles. The Morgan fingerprint density at radius 3 is 2.58 bits per heavy atom. The highest BCUT2D eigenvalue weighted by Crippen LogP contribution is 2.37. The van der Waals surface area contributed by atoms with E-state index in [2.05, 4.69) is 17.6 Å². The Balaban J connectivity index is 1.71. The Morgan fingerprint density at radius 1 is 1.21 bits per heavy atom. The molecule has 1 aromatic heterocycles. The molecule has 1 aliphatic carbocycles. The molecule has 24 heavy (non-hydrogen) atoms. The normalized spacial score (nSPS) is 20.3. The van der Waals surface area contributed by atoms with Gasteiger partial charge in [-0.25, -0.2) is 4.39 Å². The van der Waals surface area contributed by atoms with Gasteiger partial charge in [-0.05, 0) is 67.7 Å². The van der Waals surface area contributed by atoms with Crippen molar-refractivity contribution in [1.29, 1.82) is 5.26 Å². The Bertz CT molecular complexity index is 750. The fourth-order valence-corrected chi connectivity index (χ4v) is 3.55. The highest BCUT2D eigenvalue weighted by Gasteiger charge is 2.21. The molecule has 122 valence electrons. The van der Waals surface area contributed by atoms with Gasteiger partial charge in [0.15, 0.2) is 0 Å². The number of aromatic nitrogens is 1. The molecule has 0 unspecified atom stereocenters. The Kier molecular flexibility index (Phi) is 5.05. The minimum atomic E-state index is -0.499. The fraction of sp³-hybridized carbons (Fsp3) is 0.333. The largest absolute Gasteiger partial charge is 0.256 e. The first-order chi connectivity index (χ1) is 11.7. The maximum Gasteiger partial charge on any atom is 0.141 e. The smallest absolute Gasteiger partial charge is 0.141 e. The van der Waals surface area contributed by atoms with Crippen molar-refractivity contribution in [2.45, 2.75) is 38.0 Å². The molecule has 2 aromatic rings. The first kappa shape index (κ1) is 16.4. The summed E-state index contributed by atoms with van der Waals surface area (Å²) < 4.78 is 13.7. The van der Waals surface area contributed by atoms with E-state index in [0.29, 0.717) is 11.5 Å². The number of halogens is 1. The van der Waals surface area contributed by atoms with E-state index < -0.39 is 5.82 Å². The number of benzene rings is 1. The highest BCUT2D eigenvalue weighted by molar-refractivity contribution is 5.60. The maximum atomic E-state index is 13.7. The van der Waals surface area contributed by atoms with Crippen molar-refractivity contribution in [1.82, 2.24) is 4.98 Å². The molecule has 0 atom stereocenters. The van der Waals surface area contributed by atoms with Gasteiger partial charge in [0, 0.05) is 11.8 Å². The molecule has 1 aliphatic rings. The van der Waals surface area contributed by atoms with Gasteiger partial charge in [0.25, 0.3) is 0 Å². The summed E-state index contributed by atoms with van der Waals surface area (Å²) in [6, 6.07) is 10.5. The minimum absolute atomic E-state index is 0.0617. The van der Waals surface area contributed by atoms with Crippen molar-refractivity contribution in [3.05, 3.63) is 66.1 Å². The molecule has 0 radical (unpaired) electrons. The van der Waals surface area contributed by atoms with Crippen LogP contribution in [0.5, 0.6) is 0 Å². The summed E-state index contributed by atoms with van der Waals surface area (Å²) in [5, 5.41) is 8.80. The number of allylic oxidation sites excluding steroid dienone is 1. The molecule has 3 rings (SSSR count). The van der Waals surface area contributed by atoms with E-state index in [0.717, 1.165) is 18.0 Å². The van der Waals surface area contributed by atoms with Gasteiger partial charge in [0.2, 0.25) is 0 Å². The van der Waals surface area contributed by atoms with Gasteiger partial charge in [-0.1, -0.05) is 18.2 Å². The zero-order valence-corrected chi connectivity index (χ0v) is 13.7. The first-order valence-electron chi connectivity index (χ1n) is 8.48. The van der Waals surface area contributed by atoms with Gasteiger partial charge in [-0.15, -0.1) is 6.58 Å². The van der Waals surface area contributed by atoms with Gasteiger partial charge >= 0.3 is 0 Å². The molecule has 1 heterocycles. The lowest BCUT2D eigenvalue weighted by Gasteiger charge is -2.28. The van der Waals surface area contributed by atoms with Crippen LogP contribution in [0.4, 0.5) is 4.39 Å². The molecule has 1 saturated carbocycles. The molecule has 0 bridgehead atoms. The lowest BCUT2D eigenvalue weighted by Crippen LogP contribution is -2.13. The van der Waals surface area contributed by atoms with E-state index in [9.17, 15) is 4.39 Å². The number of hydrogen-bond acceptors (Lipinski definition) is 2. The summed E-state index contributed by atoms with van der Waals surface area (Å²) in [5.41, 5.74) is 2.77. The predicted molar refractivity (Wildman–Crippen MR) is 93.9 cm³/mol. The average molecular weight is 320 g/mol. The highest BCUT2D eigenvalue weighted by atomic mass is 19.1.